The minimum Gasteiger partial charge on any atom is -0.381 e. The third-order valence-corrected chi connectivity index (χ3v) is 3.60. The van der Waals surface area contributed by atoms with Crippen LogP contribution in [0.5, 0.6) is 0 Å². The molecule has 2 rings (SSSR count). The summed E-state index contributed by atoms with van der Waals surface area (Å²) >= 11 is 2.92. The molecular weight excluding hydrogens is 347 g/mol. The highest BCUT2D eigenvalue weighted by Gasteiger charge is 2.33. The predicted molar refractivity (Wildman–Crippen MR) is 79.0 cm³/mol. The SMILES string of the molecule is CCCn1cc(CNc2ccc(Br)c(C(F)(F)F)c2)cn1. The summed E-state index contributed by atoms with van der Waals surface area (Å²) in [6.07, 6.45) is 0.213. The van der Waals surface area contributed by atoms with E-state index in [1.165, 1.54) is 6.07 Å². The van der Waals surface area contributed by atoms with Crippen molar-refractivity contribution >= 4 is 21.6 Å². The molecule has 2 aromatic rings. The Balaban J connectivity index is 2.06. The molecule has 0 aliphatic carbocycles. The third-order valence-electron chi connectivity index (χ3n) is 2.91. The summed E-state index contributed by atoms with van der Waals surface area (Å²) in [6.45, 7) is 3.32. The molecular formula is C14H15BrF3N3. The van der Waals surface area contributed by atoms with E-state index in [2.05, 4.69) is 33.3 Å². The highest BCUT2D eigenvalue weighted by atomic mass is 79.9. The second-order valence-electron chi connectivity index (χ2n) is 4.66. The lowest BCUT2D eigenvalue weighted by atomic mass is 10.2. The van der Waals surface area contributed by atoms with E-state index >= 15 is 0 Å². The van der Waals surface area contributed by atoms with Gasteiger partial charge in [0.1, 0.15) is 0 Å². The van der Waals surface area contributed by atoms with Crippen LogP contribution < -0.4 is 5.32 Å². The Morgan fingerprint density at radius 3 is 2.76 bits per heavy atom. The summed E-state index contributed by atoms with van der Waals surface area (Å²) in [5.74, 6) is 0. The molecule has 0 fully saturated rings. The van der Waals surface area contributed by atoms with Gasteiger partial charge in [-0.25, -0.2) is 0 Å². The van der Waals surface area contributed by atoms with Gasteiger partial charge in [-0.1, -0.05) is 22.9 Å². The van der Waals surface area contributed by atoms with E-state index in [4.69, 9.17) is 0 Å². The molecule has 0 atom stereocenters. The maximum Gasteiger partial charge on any atom is 0.417 e. The molecule has 114 valence electrons. The zero-order chi connectivity index (χ0) is 15.5. The number of alkyl halides is 3. The number of nitrogens with zero attached hydrogens (tertiary/aromatic N) is 2. The van der Waals surface area contributed by atoms with Gasteiger partial charge in [0.2, 0.25) is 0 Å². The van der Waals surface area contributed by atoms with Crippen molar-refractivity contribution in [3.8, 4) is 0 Å². The normalized spacial score (nSPS) is 11.7. The number of hydrogen-bond donors (Lipinski definition) is 1. The van der Waals surface area contributed by atoms with Crippen molar-refractivity contribution in [2.24, 2.45) is 0 Å². The minimum atomic E-state index is -4.37. The van der Waals surface area contributed by atoms with Gasteiger partial charge in [-0.2, -0.15) is 18.3 Å². The van der Waals surface area contributed by atoms with E-state index in [9.17, 15) is 13.2 Å². The Labute approximate surface area is 129 Å². The predicted octanol–water partition coefficient (Wildman–Crippen LogP) is 4.69. The maximum absolute atomic E-state index is 12.8. The molecule has 0 unspecified atom stereocenters. The van der Waals surface area contributed by atoms with Crippen LogP contribution in [0.2, 0.25) is 0 Å². The smallest absolute Gasteiger partial charge is 0.381 e. The molecule has 0 saturated heterocycles. The number of benzene rings is 1. The Hall–Kier alpha value is -1.50. The van der Waals surface area contributed by atoms with Crippen LogP contribution >= 0.6 is 15.9 Å². The number of anilines is 1. The molecule has 0 amide bonds. The Morgan fingerprint density at radius 1 is 1.33 bits per heavy atom. The van der Waals surface area contributed by atoms with Crippen molar-refractivity contribution in [1.29, 1.82) is 0 Å². The van der Waals surface area contributed by atoms with Crippen LogP contribution in [-0.4, -0.2) is 9.78 Å². The summed E-state index contributed by atoms with van der Waals surface area (Å²) in [5, 5.41) is 7.16. The van der Waals surface area contributed by atoms with Gasteiger partial charge >= 0.3 is 6.18 Å². The lowest BCUT2D eigenvalue weighted by Gasteiger charge is -2.12. The Kier molecular flexibility index (Phi) is 4.92. The van der Waals surface area contributed by atoms with Gasteiger partial charge in [0.05, 0.1) is 11.8 Å². The molecule has 0 saturated carbocycles. The van der Waals surface area contributed by atoms with Crippen LogP contribution in [0.3, 0.4) is 0 Å². The second kappa shape index (κ2) is 6.51. The Morgan fingerprint density at radius 2 is 2.10 bits per heavy atom. The summed E-state index contributed by atoms with van der Waals surface area (Å²) in [5.41, 5.74) is 0.669. The number of aryl methyl sites for hydroxylation is 1. The van der Waals surface area contributed by atoms with Crippen LogP contribution in [0, 0.1) is 0 Å². The molecule has 1 heterocycles. The Bertz CT molecular complexity index is 608. The molecule has 3 nitrogen and oxygen atoms in total. The van der Waals surface area contributed by atoms with Gasteiger partial charge in [0.15, 0.2) is 0 Å². The fourth-order valence-electron chi connectivity index (χ4n) is 1.91. The zero-order valence-electron chi connectivity index (χ0n) is 11.4. The standard InChI is InChI=1S/C14H15BrF3N3/c1-2-5-21-9-10(8-20-21)7-19-11-3-4-13(15)12(6-11)14(16,17)18/h3-4,6,8-9,19H,2,5,7H2,1H3. The van der Waals surface area contributed by atoms with E-state index in [0.29, 0.717) is 12.2 Å². The first-order valence-electron chi connectivity index (χ1n) is 6.52. The van der Waals surface area contributed by atoms with Crippen molar-refractivity contribution in [1.82, 2.24) is 9.78 Å². The quantitative estimate of drug-likeness (QED) is 0.837. The summed E-state index contributed by atoms with van der Waals surface area (Å²) < 4.78 is 40.3. The number of halogens is 4. The summed E-state index contributed by atoms with van der Waals surface area (Å²) in [6, 6.07) is 4.10. The molecule has 0 aliphatic rings. The first-order valence-corrected chi connectivity index (χ1v) is 7.31. The second-order valence-corrected chi connectivity index (χ2v) is 5.51. The largest absolute Gasteiger partial charge is 0.417 e. The van der Waals surface area contributed by atoms with E-state index < -0.39 is 11.7 Å². The highest BCUT2D eigenvalue weighted by molar-refractivity contribution is 9.10. The third kappa shape index (κ3) is 4.23. The van der Waals surface area contributed by atoms with Gasteiger partial charge in [0, 0.05) is 35.0 Å². The number of hydrogen-bond acceptors (Lipinski definition) is 2. The zero-order valence-corrected chi connectivity index (χ0v) is 13.0. The molecule has 0 radical (unpaired) electrons. The lowest BCUT2D eigenvalue weighted by molar-refractivity contribution is -0.138. The number of nitrogens with one attached hydrogen (secondary N) is 1. The van der Waals surface area contributed by atoms with Gasteiger partial charge in [-0.05, 0) is 24.6 Å². The molecule has 0 aliphatic heterocycles. The van der Waals surface area contributed by atoms with Gasteiger partial charge in [-0.3, -0.25) is 4.68 Å². The number of rotatable bonds is 5. The summed E-state index contributed by atoms with van der Waals surface area (Å²) in [4.78, 5) is 0. The molecule has 1 aromatic heterocycles. The monoisotopic (exact) mass is 361 g/mol. The highest BCUT2D eigenvalue weighted by Crippen LogP contribution is 2.36. The fraction of sp³-hybridized carbons (Fsp3) is 0.357. The van der Waals surface area contributed by atoms with Gasteiger partial charge in [0.25, 0.3) is 0 Å². The molecule has 0 bridgehead atoms. The lowest BCUT2D eigenvalue weighted by Crippen LogP contribution is -2.07. The summed E-state index contributed by atoms with van der Waals surface area (Å²) in [7, 11) is 0. The molecule has 21 heavy (non-hydrogen) atoms. The van der Waals surface area contributed by atoms with E-state index in [1.807, 2.05) is 10.9 Å². The minimum absolute atomic E-state index is 0.0383. The maximum atomic E-state index is 12.8. The topological polar surface area (TPSA) is 29.9 Å². The van der Waals surface area contributed by atoms with Crippen LogP contribution in [-0.2, 0) is 19.3 Å². The molecule has 1 N–H and O–H groups in total. The van der Waals surface area contributed by atoms with E-state index in [-0.39, 0.29) is 4.47 Å². The van der Waals surface area contributed by atoms with Crippen molar-refractivity contribution in [2.75, 3.05) is 5.32 Å². The average molecular weight is 362 g/mol. The molecule has 7 heteroatoms. The van der Waals surface area contributed by atoms with Crippen molar-refractivity contribution in [2.45, 2.75) is 32.6 Å². The van der Waals surface area contributed by atoms with E-state index in [1.54, 1.807) is 12.3 Å². The van der Waals surface area contributed by atoms with Crippen LogP contribution in [0.15, 0.2) is 35.1 Å². The van der Waals surface area contributed by atoms with Gasteiger partial charge in [-0.15, -0.1) is 0 Å². The molecule has 1 aromatic carbocycles. The number of aromatic nitrogens is 2. The van der Waals surface area contributed by atoms with Crippen LogP contribution in [0.4, 0.5) is 18.9 Å². The van der Waals surface area contributed by atoms with Crippen molar-refractivity contribution < 1.29 is 13.2 Å². The van der Waals surface area contributed by atoms with Crippen LogP contribution in [0.25, 0.3) is 0 Å². The average Bonchev–Trinajstić information content (AvgIpc) is 2.85. The van der Waals surface area contributed by atoms with Gasteiger partial charge < -0.3 is 5.32 Å². The first-order chi connectivity index (χ1) is 9.90. The fourth-order valence-corrected chi connectivity index (χ4v) is 2.38. The first kappa shape index (κ1) is 15.9. The van der Waals surface area contributed by atoms with E-state index in [0.717, 1.165) is 24.6 Å². The molecule has 0 spiro atoms. The van der Waals surface area contributed by atoms with Crippen molar-refractivity contribution in [3.63, 3.8) is 0 Å². The van der Waals surface area contributed by atoms with Crippen LogP contribution in [0.1, 0.15) is 24.5 Å². The van der Waals surface area contributed by atoms with Crippen molar-refractivity contribution in [3.05, 3.63) is 46.2 Å².